The first-order valence-corrected chi connectivity index (χ1v) is 7.71. The molecule has 0 saturated carbocycles. The van der Waals surface area contributed by atoms with Gasteiger partial charge in [0.1, 0.15) is 0 Å². The molecule has 2 rings (SSSR count). The third-order valence-corrected chi connectivity index (χ3v) is 4.38. The fourth-order valence-electron chi connectivity index (χ4n) is 2.68. The van der Waals surface area contributed by atoms with Crippen molar-refractivity contribution in [3.63, 3.8) is 0 Å². The lowest BCUT2D eigenvalue weighted by molar-refractivity contribution is -0.149. The maximum atomic E-state index is 12.4. The molecule has 1 heterocycles. The minimum absolute atomic E-state index is 0.132. The molecular formula is C17H26N2O2. The second kappa shape index (κ2) is 6.58. The molecule has 0 spiro atoms. The van der Waals surface area contributed by atoms with Crippen LogP contribution in [0.1, 0.15) is 26.3 Å². The Morgan fingerprint density at radius 2 is 1.95 bits per heavy atom. The number of aliphatic hydroxyl groups is 1. The van der Waals surface area contributed by atoms with Crippen molar-refractivity contribution in [2.75, 3.05) is 26.2 Å². The van der Waals surface area contributed by atoms with Crippen molar-refractivity contribution in [1.82, 2.24) is 9.80 Å². The van der Waals surface area contributed by atoms with Gasteiger partial charge in [-0.1, -0.05) is 44.2 Å². The highest BCUT2D eigenvalue weighted by Gasteiger charge is 2.44. The van der Waals surface area contributed by atoms with Gasteiger partial charge in [-0.25, -0.2) is 0 Å². The van der Waals surface area contributed by atoms with Gasteiger partial charge in [0.25, 0.3) is 0 Å². The van der Waals surface area contributed by atoms with E-state index in [-0.39, 0.29) is 11.8 Å². The van der Waals surface area contributed by atoms with E-state index < -0.39 is 5.60 Å². The minimum Gasteiger partial charge on any atom is -0.387 e. The lowest BCUT2D eigenvalue weighted by Crippen LogP contribution is -2.65. The SMILES string of the molecule is CCN(Cc1ccccc1)C(=O)CN1CC(O)(C(C)C)C1. The van der Waals surface area contributed by atoms with E-state index in [0.717, 1.165) is 5.56 Å². The van der Waals surface area contributed by atoms with E-state index in [1.54, 1.807) is 0 Å². The number of rotatable bonds is 6. The predicted molar refractivity (Wildman–Crippen MR) is 83.8 cm³/mol. The number of nitrogens with zero attached hydrogens (tertiary/aromatic N) is 2. The average molecular weight is 290 g/mol. The number of likely N-dealkylation sites (tertiary alicyclic amines) is 1. The Morgan fingerprint density at radius 3 is 2.48 bits per heavy atom. The van der Waals surface area contributed by atoms with Crippen LogP contribution in [-0.4, -0.2) is 52.6 Å². The zero-order valence-electron chi connectivity index (χ0n) is 13.2. The molecule has 1 aliphatic heterocycles. The van der Waals surface area contributed by atoms with Crippen LogP contribution in [0, 0.1) is 5.92 Å². The summed E-state index contributed by atoms with van der Waals surface area (Å²) in [4.78, 5) is 16.3. The molecule has 1 saturated heterocycles. The van der Waals surface area contributed by atoms with Gasteiger partial charge in [-0.2, -0.15) is 0 Å². The molecule has 0 aromatic heterocycles. The Morgan fingerprint density at radius 1 is 1.33 bits per heavy atom. The van der Waals surface area contributed by atoms with Gasteiger partial charge in [-0.05, 0) is 18.4 Å². The van der Waals surface area contributed by atoms with Crippen LogP contribution in [0.15, 0.2) is 30.3 Å². The fourth-order valence-corrected chi connectivity index (χ4v) is 2.68. The van der Waals surface area contributed by atoms with E-state index in [4.69, 9.17) is 0 Å². The van der Waals surface area contributed by atoms with E-state index in [0.29, 0.717) is 32.7 Å². The maximum absolute atomic E-state index is 12.4. The molecule has 1 aliphatic rings. The van der Waals surface area contributed by atoms with Gasteiger partial charge in [-0.15, -0.1) is 0 Å². The van der Waals surface area contributed by atoms with Crippen molar-refractivity contribution >= 4 is 5.91 Å². The Labute approximate surface area is 127 Å². The van der Waals surface area contributed by atoms with Crippen LogP contribution < -0.4 is 0 Å². The van der Waals surface area contributed by atoms with E-state index in [1.165, 1.54) is 0 Å². The first-order valence-electron chi connectivity index (χ1n) is 7.71. The van der Waals surface area contributed by atoms with Gasteiger partial charge in [-0.3, -0.25) is 9.69 Å². The van der Waals surface area contributed by atoms with Crippen molar-refractivity contribution in [2.45, 2.75) is 32.9 Å². The van der Waals surface area contributed by atoms with Gasteiger partial charge in [0.05, 0.1) is 12.1 Å². The second-order valence-electron chi connectivity index (χ2n) is 6.30. The van der Waals surface area contributed by atoms with Crippen molar-refractivity contribution in [1.29, 1.82) is 0 Å². The molecule has 1 aromatic rings. The number of likely N-dealkylation sites (N-methyl/N-ethyl adjacent to an activating group) is 1. The fraction of sp³-hybridized carbons (Fsp3) is 0.588. The highest BCUT2D eigenvalue weighted by Crippen LogP contribution is 2.28. The zero-order valence-corrected chi connectivity index (χ0v) is 13.2. The standard InChI is InChI=1S/C17H26N2O2/c1-4-19(10-15-8-6-5-7-9-15)16(20)11-18-12-17(21,13-18)14(2)3/h5-9,14,21H,4,10-13H2,1-3H3. The first-order chi connectivity index (χ1) is 9.94. The Kier molecular flexibility index (Phi) is 5.01. The van der Waals surface area contributed by atoms with Crippen LogP contribution in [0.5, 0.6) is 0 Å². The number of hydrogen-bond donors (Lipinski definition) is 1. The molecular weight excluding hydrogens is 264 g/mol. The maximum Gasteiger partial charge on any atom is 0.237 e. The van der Waals surface area contributed by atoms with Crippen LogP contribution in [0.3, 0.4) is 0 Å². The Bertz CT molecular complexity index is 467. The topological polar surface area (TPSA) is 43.8 Å². The summed E-state index contributed by atoms with van der Waals surface area (Å²) >= 11 is 0. The van der Waals surface area contributed by atoms with Crippen LogP contribution >= 0.6 is 0 Å². The molecule has 0 bridgehead atoms. The molecule has 1 N–H and O–H groups in total. The van der Waals surface area contributed by atoms with Crippen LogP contribution in [0.2, 0.25) is 0 Å². The van der Waals surface area contributed by atoms with Gasteiger partial charge in [0.15, 0.2) is 0 Å². The summed E-state index contributed by atoms with van der Waals surface area (Å²) in [6, 6.07) is 10.0. The molecule has 0 atom stereocenters. The van der Waals surface area contributed by atoms with Crippen LogP contribution in [-0.2, 0) is 11.3 Å². The van der Waals surface area contributed by atoms with E-state index in [2.05, 4.69) is 0 Å². The summed E-state index contributed by atoms with van der Waals surface area (Å²) in [6.07, 6.45) is 0. The number of β-amino-alcohol motifs (C(OH)–C–C–N with tert-alkyl or cyclic N) is 1. The molecule has 4 heteroatoms. The molecule has 1 amide bonds. The Hall–Kier alpha value is -1.39. The lowest BCUT2D eigenvalue weighted by Gasteiger charge is -2.49. The van der Waals surface area contributed by atoms with Crippen LogP contribution in [0.25, 0.3) is 0 Å². The van der Waals surface area contributed by atoms with Crippen molar-refractivity contribution in [3.05, 3.63) is 35.9 Å². The van der Waals surface area contributed by atoms with E-state index >= 15 is 0 Å². The highest BCUT2D eigenvalue weighted by atomic mass is 16.3. The summed E-state index contributed by atoms with van der Waals surface area (Å²) in [5, 5.41) is 10.2. The summed E-state index contributed by atoms with van der Waals surface area (Å²) in [5.74, 6) is 0.364. The first kappa shape index (κ1) is 16.0. The molecule has 1 aromatic carbocycles. The normalized spacial score (nSPS) is 17.6. The Balaban J connectivity index is 1.85. The second-order valence-corrected chi connectivity index (χ2v) is 6.30. The predicted octanol–water partition coefficient (Wildman–Crippen LogP) is 1.74. The van der Waals surface area contributed by atoms with Gasteiger partial charge in [0.2, 0.25) is 5.91 Å². The number of carbonyl (C=O) groups excluding carboxylic acids is 1. The quantitative estimate of drug-likeness (QED) is 0.868. The van der Waals surface area contributed by atoms with Crippen LogP contribution in [0.4, 0.5) is 0 Å². The summed E-state index contributed by atoms with van der Waals surface area (Å²) in [7, 11) is 0. The van der Waals surface area contributed by atoms with Crippen molar-refractivity contribution < 1.29 is 9.90 Å². The monoisotopic (exact) mass is 290 g/mol. The van der Waals surface area contributed by atoms with E-state index in [1.807, 2.05) is 60.9 Å². The number of hydrogen-bond acceptors (Lipinski definition) is 3. The third kappa shape index (κ3) is 3.83. The van der Waals surface area contributed by atoms with E-state index in [9.17, 15) is 9.90 Å². The molecule has 116 valence electrons. The largest absolute Gasteiger partial charge is 0.387 e. The molecule has 0 aliphatic carbocycles. The number of amides is 1. The lowest BCUT2D eigenvalue weighted by atomic mass is 9.83. The highest BCUT2D eigenvalue weighted by molar-refractivity contribution is 5.78. The summed E-state index contributed by atoms with van der Waals surface area (Å²) < 4.78 is 0. The number of carbonyl (C=O) groups is 1. The van der Waals surface area contributed by atoms with Gasteiger partial charge >= 0.3 is 0 Å². The zero-order chi connectivity index (χ0) is 15.5. The molecule has 1 fully saturated rings. The van der Waals surface area contributed by atoms with Gasteiger partial charge < -0.3 is 10.0 Å². The molecule has 0 radical (unpaired) electrons. The third-order valence-electron chi connectivity index (χ3n) is 4.38. The molecule has 4 nitrogen and oxygen atoms in total. The molecule has 21 heavy (non-hydrogen) atoms. The van der Waals surface area contributed by atoms with Crippen molar-refractivity contribution in [2.24, 2.45) is 5.92 Å². The van der Waals surface area contributed by atoms with Gasteiger partial charge in [0, 0.05) is 26.2 Å². The number of benzene rings is 1. The minimum atomic E-state index is -0.614. The summed E-state index contributed by atoms with van der Waals surface area (Å²) in [5.41, 5.74) is 0.534. The van der Waals surface area contributed by atoms with Crippen molar-refractivity contribution in [3.8, 4) is 0 Å². The summed E-state index contributed by atoms with van der Waals surface area (Å²) in [6.45, 7) is 8.99. The smallest absolute Gasteiger partial charge is 0.237 e. The average Bonchev–Trinajstić information content (AvgIpc) is 2.43. The molecule has 0 unspecified atom stereocenters.